The van der Waals surface area contributed by atoms with Crippen LogP contribution in [-0.4, -0.2) is 48.1 Å². The Kier molecular flexibility index (Phi) is 7.94. The number of carbonyl (C=O) groups is 1. The molecule has 1 aliphatic rings. The number of amides is 1. The summed E-state index contributed by atoms with van der Waals surface area (Å²) in [6, 6.07) is 22.7. The van der Waals surface area contributed by atoms with Gasteiger partial charge in [-0.25, -0.2) is 5.43 Å². The monoisotopic (exact) mass is 480 g/mol. The molecule has 1 saturated heterocycles. The number of rotatable bonds is 7. The number of nitrogens with zero attached hydrogens (tertiary/aromatic N) is 3. The van der Waals surface area contributed by atoms with E-state index in [1.54, 1.807) is 12.1 Å². The molecule has 1 heterocycles. The smallest absolute Gasteiger partial charge is 0.297 e. The summed E-state index contributed by atoms with van der Waals surface area (Å²) in [4.78, 5) is 17.2. The SMILES string of the molecule is O=C(N/N=C\c1ccccc1C(F)(F)F)c1ccc(CN2CCN(Cc3ccccc3)CC2)cc1. The van der Waals surface area contributed by atoms with Crippen molar-refractivity contribution in [2.75, 3.05) is 26.2 Å². The molecule has 3 aromatic rings. The molecule has 0 aromatic heterocycles. The molecule has 0 bridgehead atoms. The van der Waals surface area contributed by atoms with E-state index in [1.807, 2.05) is 18.2 Å². The van der Waals surface area contributed by atoms with Gasteiger partial charge in [-0.2, -0.15) is 18.3 Å². The van der Waals surface area contributed by atoms with Gasteiger partial charge in [-0.05, 0) is 29.3 Å². The van der Waals surface area contributed by atoms with Gasteiger partial charge in [-0.1, -0.05) is 60.7 Å². The summed E-state index contributed by atoms with van der Waals surface area (Å²) in [6.45, 7) is 5.72. The fourth-order valence-electron chi connectivity index (χ4n) is 4.06. The maximum absolute atomic E-state index is 13.1. The second-order valence-electron chi connectivity index (χ2n) is 8.52. The maximum atomic E-state index is 13.1. The Labute approximate surface area is 202 Å². The number of hydrogen-bond donors (Lipinski definition) is 1. The van der Waals surface area contributed by atoms with Crippen LogP contribution >= 0.6 is 0 Å². The first kappa shape index (κ1) is 24.6. The summed E-state index contributed by atoms with van der Waals surface area (Å²) in [5, 5.41) is 3.71. The molecule has 35 heavy (non-hydrogen) atoms. The van der Waals surface area contributed by atoms with Crippen LogP contribution in [0.4, 0.5) is 13.2 Å². The number of halogens is 3. The lowest BCUT2D eigenvalue weighted by Crippen LogP contribution is -2.45. The molecule has 5 nitrogen and oxygen atoms in total. The predicted octanol–water partition coefficient (Wildman–Crippen LogP) is 4.79. The van der Waals surface area contributed by atoms with Crippen molar-refractivity contribution in [1.29, 1.82) is 0 Å². The minimum absolute atomic E-state index is 0.112. The van der Waals surface area contributed by atoms with Crippen LogP contribution in [0.3, 0.4) is 0 Å². The van der Waals surface area contributed by atoms with Crippen LogP contribution in [0.2, 0.25) is 0 Å². The van der Waals surface area contributed by atoms with Gasteiger partial charge >= 0.3 is 6.18 Å². The highest BCUT2D eigenvalue weighted by Gasteiger charge is 2.32. The van der Waals surface area contributed by atoms with E-state index in [0.29, 0.717) is 5.56 Å². The van der Waals surface area contributed by atoms with E-state index in [2.05, 4.69) is 44.6 Å². The molecular weight excluding hydrogens is 453 g/mol. The van der Waals surface area contributed by atoms with Crippen molar-refractivity contribution in [3.05, 3.63) is 107 Å². The average molecular weight is 481 g/mol. The average Bonchev–Trinajstić information content (AvgIpc) is 2.86. The normalized spacial score (nSPS) is 15.4. The molecule has 0 unspecified atom stereocenters. The highest BCUT2D eigenvalue weighted by atomic mass is 19.4. The molecule has 0 spiro atoms. The highest BCUT2D eigenvalue weighted by molar-refractivity contribution is 5.95. The number of hydrazone groups is 1. The van der Waals surface area contributed by atoms with E-state index < -0.39 is 17.6 Å². The Hall–Kier alpha value is -3.49. The fourth-order valence-corrected chi connectivity index (χ4v) is 4.06. The zero-order chi connectivity index (χ0) is 24.7. The lowest BCUT2D eigenvalue weighted by Gasteiger charge is -2.34. The van der Waals surface area contributed by atoms with Crippen molar-refractivity contribution in [3.8, 4) is 0 Å². The van der Waals surface area contributed by atoms with Crippen molar-refractivity contribution >= 4 is 12.1 Å². The third kappa shape index (κ3) is 7.00. The van der Waals surface area contributed by atoms with Crippen molar-refractivity contribution in [2.24, 2.45) is 5.10 Å². The molecule has 0 radical (unpaired) electrons. The van der Waals surface area contributed by atoms with Crippen LogP contribution in [-0.2, 0) is 19.3 Å². The van der Waals surface area contributed by atoms with Gasteiger partial charge in [0.15, 0.2) is 0 Å². The minimum Gasteiger partial charge on any atom is -0.297 e. The molecule has 8 heteroatoms. The Morgan fingerprint density at radius 3 is 1.94 bits per heavy atom. The molecule has 3 aromatic carbocycles. The first-order chi connectivity index (χ1) is 16.9. The highest BCUT2D eigenvalue weighted by Crippen LogP contribution is 2.31. The van der Waals surface area contributed by atoms with Crippen molar-refractivity contribution in [1.82, 2.24) is 15.2 Å². The predicted molar refractivity (Wildman–Crippen MR) is 130 cm³/mol. The van der Waals surface area contributed by atoms with Crippen LogP contribution in [0.25, 0.3) is 0 Å². The van der Waals surface area contributed by atoms with E-state index in [4.69, 9.17) is 0 Å². The zero-order valence-electron chi connectivity index (χ0n) is 19.2. The molecule has 0 atom stereocenters. The summed E-state index contributed by atoms with van der Waals surface area (Å²) >= 11 is 0. The van der Waals surface area contributed by atoms with Gasteiger partial charge in [0.25, 0.3) is 5.91 Å². The topological polar surface area (TPSA) is 47.9 Å². The number of hydrogen-bond acceptors (Lipinski definition) is 4. The van der Waals surface area contributed by atoms with Crippen molar-refractivity contribution in [3.63, 3.8) is 0 Å². The molecule has 0 saturated carbocycles. The van der Waals surface area contributed by atoms with Crippen LogP contribution in [0.15, 0.2) is 84.0 Å². The lowest BCUT2D eigenvalue weighted by molar-refractivity contribution is -0.137. The third-order valence-corrected chi connectivity index (χ3v) is 5.97. The number of benzene rings is 3. The second-order valence-corrected chi connectivity index (χ2v) is 8.52. The molecule has 4 rings (SSSR count). The Bertz CT molecular complexity index is 1140. The molecule has 1 fully saturated rings. The first-order valence-electron chi connectivity index (χ1n) is 11.5. The van der Waals surface area contributed by atoms with Crippen molar-refractivity contribution < 1.29 is 18.0 Å². The van der Waals surface area contributed by atoms with E-state index in [-0.39, 0.29) is 5.56 Å². The quantitative estimate of drug-likeness (QED) is 0.391. The second kappa shape index (κ2) is 11.3. The molecule has 0 aliphatic carbocycles. The number of carbonyl (C=O) groups excluding carboxylic acids is 1. The fraction of sp³-hybridized carbons (Fsp3) is 0.259. The van der Waals surface area contributed by atoms with Gasteiger partial charge in [0.05, 0.1) is 11.8 Å². The van der Waals surface area contributed by atoms with Crippen LogP contribution < -0.4 is 5.43 Å². The number of piperazine rings is 1. The zero-order valence-corrected chi connectivity index (χ0v) is 19.2. The molecule has 182 valence electrons. The summed E-state index contributed by atoms with van der Waals surface area (Å²) < 4.78 is 39.2. The van der Waals surface area contributed by atoms with Gasteiger partial charge in [-0.15, -0.1) is 0 Å². The maximum Gasteiger partial charge on any atom is 0.417 e. The van der Waals surface area contributed by atoms with Gasteiger partial charge in [0, 0.05) is 50.4 Å². The van der Waals surface area contributed by atoms with Gasteiger partial charge in [0.1, 0.15) is 0 Å². The van der Waals surface area contributed by atoms with E-state index in [1.165, 1.54) is 23.8 Å². The van der Waals surface area contributed by atoms with Gasteiger partial charge in [0.2, 0.25) is 0 Å². The lowest BCUT2D eigenvalue weighted by atomic mass is 10.1. The Balaban J connectivity index is 1.25. The molecule has 1 aliphatic heterocycles. The van der Waals surface area contributed by atoms with Gasteiger partial charge < -0.3 is 0 Å². The van der Waals surface area contributed by atoms with E-state index in [9.17, 15) is 18.0 Å². The third-order valence-electron chi connectivity index (χ3n) is 5.97. The molecule has 1 amide bonds. The minimum atomic E-state index is -4.49. The molecule has 1 N–H and O–H groups in total. The van der Waals surface area contributed by atoms with Gasteiger partial charge in [-0.3, -0.25) is 14.6 Å². The van der Waals surface area contributed by atoms with Crippen LogP contribution in [0.5, 0.6) is 0 Å². The summed E-state index contributed by atoms with van der Waals surface area (Å²) in [7, 11) is 0. The standard InChI is InChI=1S/C27H27F3N4O/c28-27(29,30)25-9-5-4-8-24(25)18-31-32-26(35)23-12-10-22(11-13-23)20-34-16-14-33(15-17-34)19-21-6-2-1-3-7-21/h1-13,18H,14-17,19-20H2,(H,32,35)/b31-18-. The number of alkyl halides is 3. The van der Waals surface area contributed by atoms with E-state index in [0.717, 1.165) is 57.1 Å². The largest absolute Gasteiger partial charge is 0.417 e. The van der Waals surface area contributed by atoms with Crippen molar-refractivity contribution in [2.45, 2.75) is 19.3 Å². The summed E-state index contributed by atoms with van der Waals surface area (Å²) in [5.41, 5.74) is 4.20. The summed E-state index contributed by atoms with van der Waals surface area (Å²) in [5.74, 6) is -0.480. The van der Waals surface area contributed by atoms with Crippen LogP contribution in [0.1, 0.15) is 32.6 Å². The first-order valence-corrected chi connectivity index (χ1v) is 11.5. The summed E-state index contributed by atoms with van der Waals surface area (Å²) in [6.07, 6.45) is -3.48. The Morgan fingerprint density at radius 2 is 1.34 bits per heavy atom. The van der Waals surface area contributed by atoms with Crippen LogP contribution in [0, 0.1) is 0 Å². The number of nitrogens with one attached hydrogen (secondary N) is 1. The Morgan fingerprint density at radius 1 is 0.800 bits per heavy atom. The molecular formula is C27H27F3N4O. The van der Waals surface area contributed by atoms with E-state index >= 15 is 0 Å².